The molecular weight excluding hydrogens is 122 g/mol. The van der Waals surface area contributed by atoms with Gasteiger partial charge in [0, 0.05) is 0 Å². The standard InChI is InChI=1S/C9H17N/c1-8(2,3)6-9(4,5)7-10/h6H2,1-5H3. The van der Waals surface area contributed by atoms with Crippen molar-refractivity contribution in [2.45, 2.75) is 41.0 Å². The van der Waals surface area contributed by atoms with Gasteiger partial charge in [-0.2, -0.15) is 5.26 Å². The summed E-state index contributed by atoms with van der Waals surface area (Å²) in [6.45, 7) is 10.4. The van der Waals surface area contributed by atoms with Crippen LogP contribution in [-0.2, 0) is 0 Å². The summed E-state index contributed by atoms with van der Waals surface area (Å²) in [5.74, 6) is 0. The van der Waals surface area contributed by atoms with Gasteiger partial charge in [-0.3, -0.25) is 0 Å². The van der Waals surface area contributed by atoms with Crippen LogP contribution in [0.2, 0.25) is 0 Å². The third-order valence-corrected chi connectivity index (χ3v) is 1.27. The molecule has 1 nitrogen and oxygen atoms in total. The number of hydrogen-bond donors (Lipinski definition) is 0. The van der Waals surface area contributed by atoms with Crippen LogP contribution in [0.1, 0.15) is 41.0 Å². The fourth-order valence-electron chi connectivity index (χ4n) is 1.37. The van der Waals surface area contributed by atoms with Crippen LogP contribution >= 0.6 is 0 Å². The van der Waals surface area contributed by atoms with E-state index in [0.717, 1.165) is 6.42 Å². The molecule has 0 atom stereocenters. The summed E-state index contributed by atoms with van der Waals surface area (Å²) in [7, 11) is 0. The minimum atomic E-state index is -0.168. The number of nitriles is 1. The van der Waals surface area contributed by atoms with E-state index in [1.54, 1.807) is 0 Å². The first-order valence-electron chi connectivity index (χ1n) is 3.68. The maximum atomic E-state index is 8.71. The molecule has 0 rings (SSSR count). The second-order valence-electron chi connectivity index (χ2n) is 4.73. The molecule has 0 unspecified atom stereocenters. The Kier molecular flexibility index (Phi) is 2.48. The Bertz CT molecular complexity index is 143. The third kappa shape index (κ3) is 4.38. The summed E-state index contributed by atoms with van der Waals surface area (Å²) in [6.07, 6.45) is 0.955. The Balaban J connectivity index is 4.05. The lowest BCUT2D eigenvalue weighted by molar-refractivity contribution is 0.268. The molecule has 0 radical (unpaired) electrons. The smallest absolute Gasteiger partial charge is 0.0684 e. The Morgan fingerprint density at radius 1 is 1.10 bits per heavy atom. The van der Waals surface area contributed by atoms with Crippen molar-refractivity contribution >= 4 is 0 Å². The molecule has 0 heterocycles. The maximum absolute atomic E-state index is 8.71. The van der Waals surface area contributed by atoms with E-state index in [-0.39, 0.29) is 10.8 Å². The van der Waals surface area contributed by atoms with Gasteiger partial charge in [-0.05, 0) is 25.7 Å². The van der Waals surface area contributed by atoms with Gasteiger partial charge in [0.15, 0.2) is 0 Å². The third-order valence-electron chi connectivity index (χ3n) is 1.27. The van der Waals surface area contributed by atoms with Crippen molar-refractivity contribution in [1.82, 2.24) is 0 Å². The van der Waals surface area contributed by atoms with Gasteiger partial charge in [0.1, 0.15) is 0 Å². The number of hydrogen-bond acceptors (Lipinski definition) is 1. The first kappa shape index (κ1) is 9.49. The van der Waals surface area contributed by atoms with Crippen LogP contribution < -0.4 is 0 Å². The molecule has 1 heteroatoms. The number of rotatable bonds is 1. The predicted molar refractivity (Wildman–Crippen MR) is 43.5 cm³/mol. The molecule has 0 aromatic rings. The lowest BCUT2D eigenvalue weighted by Crippen LogP contribution is -2.18. The SMILES string of the molecule is CC(C)(C)CC(C)(C)C#N. The summed E-state index contributed by atoms with van der Waals surface area (Å²) < 4.78 is 0. The molecular formula is C9H17N. The van der Waals surface area contributed by atoms with E-state index in [1.807, 2.05) is 13.8 Å². The van der Waals surface area contributed by atoms with Crippen molar-refractivity contribution in [1.29, 1.82) is 5.26 Å². The van der Waals surface area contributed by atoms with Gasteiger partial charge in [0.05, 0.1) is 11.5 Å². The molecule has 0 spiro atoms. The molecule has 0 aromatic carbocycles. The van der Waals surface area contributed by atoms with Crippen LogP contribution in [0.4, 0.5) is 0 Å². The Morgan fingerprint density at radius 2 is 1.50 bits per heavy atom. The summed E-state index contributed by atoms with van der Waals surface area (Å²) in [4.78, 5) is 0. The summed E-state index contributed by atoms with van der Waals surface area (Å²) >= 11 is 0. The summed E-state index contributed by atoms with van der Waals surface area (Å²) in [5, 5.41) is 8.71. The number of nitrogens with zero attached hydrogens (tertiary/aromatic N) is 1. The highest BCUT2D eigenvalue weighted by Crippen LogP contribution is 2.31. The minimum absolute atomic E-state index is 0.168. The zero-order chi connectivity index (χ0) is 8.41. The molecule has 0 aliphatic rings. The van der Waals surface area contributed by atoms with Gasteiger partial charge in [-0.15, -0.1) is 0 Å². The lowest BCUT2D eigenvalue weighted by atomic mass is 9.77. The van der Waals surface area contributed by atoms with Gasteiger partial charge in [0.25, 0.3) is 0 Å². The van der Waals surface area contributed by atoms with E-state index in [1.165, 1.54) is 0 Å². The fraction of sp³-hybridized carbons (Fsp3) is 0.889. The van der Waals surface area contributed by atoms with Gasteiger partial charge >= 0.3 is 0 Å². The fourth-order valence-corrected chi connectivity index (χ4v) is 1.37. The maximum Gasteiger partial charge on any atom is 0.0684 e. The summed E-state index contributed by atoms with van der Waals surface area (Å²) in [6, 6.07) is 2.30. The van der Waals surface area contributed by atoms with E-state index in [9.17, 15) is 0 Å². The highest BCUT2D eigenvalue weighted by atomic mass is 14.3. The van der Waals surface area contributed by atoms with Gasteiger partial charge in [-0.1, -0.05) is 20.8 Å². The zero-order valence-electron chi connectivity index (χ0n) is 7.65. The predicted octanol–water partition coefficient (Wildman–Crippen LogP) is 2.97. The van der Waals surface area contributed by atoms with Crippen LogP contribution in [0.25, 0.3) is 0 Å². The molecule has 0 saturated carbocycles. The second-order valence-corrected chi connectivity index (χ2v) is 4.73. The highest BCUT2D eigenvalue weighted by Gasteiger charge is 2.24. The molecule has 0 aliphatic heterocycles. The molecule has 0 saturated heterocycles. The molecule has 0 bridgehead atoms. The van der Waals surface area contributed by atoms with Crippen LogP contribution in [0, 0.1) is 22.2 Å². The average molecular weight is 139 g/mol. The second kappa shape index (κ2) is 2.62. The van der Waals surface area contributed by atoms with Crippen molar-refractivity contribution < 1.29 is 0 Å². The van der Waals surface area contributed by atoms with Gasteiger partial charge in [-0.25, -0.2) is 0 Å². The van der Waals surface area contributed by atoms with E-state index in [2.05, 4.69) is 26.8 Å². The van der Waals surface area contributed by atoms with Crippen molar-refractivity contribution in [3.8, 4) is 6.07 Å². The van der Waals surface area contributed by atoms with Crippen LogP contribution in [0.3, 0.4) is 0 Å². The van der Waals surface area contributed by atoms with Crippen molar-refractivity contribution in [2.24, 2.45) is 10.8 Å². The summed E-state index contributed by atoms with van der Waals surface area (Å²) in [5.41, 5.74) is 0.0947. The van der Waals surface area contributed by atoms with Gasteiger partial charge in [0.2, 0.25) is 0 Å². The topological polar surface area (TPSA) is 23.8 Å². The van der Waals surface area contributed by atoms with E-state index in [0.29, 0.717) is 0 Å². The van der Waals surface area contributed by atoms with E-state index in [4.69, 9.17) is 5.26 Å². The van der Waals surface area contributed by atoms with Crippen molar-refractivity contribution in [3.63, 3.8) is 0 Å². The molecule has 10 heavy (non-hydrogen) atoms. The average Bonchev–Trinajstić information content (AvgIpc) is 1.60. The van der Waals surface area contributed by atoms with Crippen LogP contribution in [0.15, 0.2) is 0 Å². The molecule has 0 aliphatic carbocycles. The Morgan fingerprint density at radius 3 is 1.60 bits per heavy atom. The Labute approximate surface area is 64.1 Å². The molecule has 0 amide bonds. The highest BCUT2D eigenvalue weighted by molar-refractivity contribution is 4.94. The van der Waals surface area contributed by atoms with Crippen molar-refractivity contribution in [2.75, 3.05) is 0 Å². The van der Waals surface area contributed by atoms with Crippen LogP contribution in [-0.4, -0.2) is 0 Å². The van der Waals surface area contributed by atoms with Crippen LogP contribution in [0.5, 0.6) is 0 Å². The van der Waals surface area contributed by atoms with E-state index < -0.39 is 0 Å². The molecule has 0 fully saturated rings. The molecule has 0 N–H and O–H groups in total. The Hall–Kier alpha value is -0.510. The lowest BCUT2D eigenvalue weighted by Gasteiger charge is -2.26. The minimum Gasteiger partial charge on any atom is -0.198 e. The molecule has 0 aromatic heterocycles. The van der Waals surface area contributed by atoms with Crippen molar-refractivity contribution in [3.05, 3.63) is 0 Å². The zero-order valence-corrected chi connectivity index (χ0v) is 7.65. The largest absolute Gasteiger partial charge is 0.198 e. The normalized spacial score (nSPS) is 12.8. The monoisotopic (exact) mass is 139 g/mol. The first-order chi connectivity index (χ1) is 4.27. The van der Waals surface area contributed by atoms with Gasteiger partial charge < -0.3 is 0 Å². The first-order valence-corrected chi connectivity index (χ1v) is 3.68. The van der Waals surface area contributed by atoms with E-state index >= 15 is 0 Å². The quantitative estimate of drug-likeness (QED) is 0.548. The molecule has 58 valence electrons.